The van der Waals surface area contributed by atoms with Crippen LogP contribution in [0.1, 0.15) is 33.6 Å². The van der Waals surface area contributed by atoms with Crippen LogP contribution in [0, 0.1) is 11.8 Å². The van der Waals surface area contributed by atoms with Crippen molar-refractivity contribution < 1.29 is 19.4 Å². The van der Waals surface area contributed by atoms with Gasteiger partial charge < -0.3 is 15.2 Å². The highest BCUT2D eigenvalue weighted by Crippen LogP contribution is 2.40. The van der Waals surface area contributed by atoms with Crippen molar-refractivity contribution in [1.82, 2.24) is 5.32 Å². The first-order chi connectivity index (χ1) is 7.28. The second kappa shape index (κ2) is 4.72. The van der Waals surface area contributed by atoms with Crippen LogP contribution in [0.2, 0.25) is 0 Å². The summed E-state index contributed by atoms with van der Waals surface area (Å²) in [5.41, 5.74) is -0.492. The van der Waals surface area contributed by atoms with Crippen molar-refractivity contribution in [3.8, 4) is 0 Å². The van der Waals surface area contributed by atoms with Gasteiger partial charge in [0.15, 0.2) is 0 Å². The molecule has 0 aromatic rings. The molecule has 0 radical (unpaired) electrons. The summed E-state index contributed by atoms with van der Waals surface area (Å²) in [6.07, 6.45) is 0.636. The lowest BCUT2D eigenvalue weighted by Gasteiger charge is -2.19. The van der Waals surface area contributed by atoms with E-state index in [9.17, 15) is 9.59 Å². The van der Waals surface area contributed by atoms with Gasteiger partial charge in [-0.05, 0) is 39.0 Å². The molecule has 2 atom stereocenters. The fourth-order valence-electron chi connectivity index (χ4n) is 1.56. The Bertz CT molecular complexity index is 282. The van der Waals surface area contributed by atoms with E-state index in [0.717, 1.165) is 6.42 Å². The molecule has 0 aliphatic heterocycles. The SMILES string of the molecule is CC(C)(C)OC(=O)NC[C@@H]1C[C@H]1CC(=O)O. The summed E-state index contributed by atoms with van der Waals surface area (Å²) >= 11 is 0. The van der Waals surface area contributed by atoms with Gasteiger partial charge in [-0.1, -0.05) is 0 Å². The Balaban J connectivity index is 2.13. The fourth-order valence-corrected chi connectivity index (χ4v) is 1.56. The van der Waals surface area contributed by atoms with Crippen LogP contribution >= 0.6 is 0 Å². The largest absolute Gasteiger partial charge is 0.481 e. The number of amides is 1. The molecule has 16 heavy (non-hydrogen) atoms. The normalized spacial score (nSPS) is 23.7. The minimum absolute atomic E-state index is 0.195. The van der Waals surface area contributed by atoms with Gasteiger partial charge in [0.05, 0.1) is 0 Å². The molecule has 0 unspecified atom stereocenters. The maximum Gasteiger partial charge on any atom is 0.407 e. The van der Waals surface area contributed by atoms with Crippen LogP contribution in [0.3, 0.4) is 0 Å². The first-order valence-electron chi connectivity index (χ1n) is 5.46. The van der Waals surface area contributed by atoms with E-state index in [4.69, 9.17) is 9.84 Å². The molecule has 92 valence electrons. The third-order valence-corrected chi connectivity index (χ3v) is 2.41. The van der Waals surface area contributed by atoms with E-state index in [0.29, 0.717) is 12.5 Å². The monoisotopic (exact) mass is 229 g/mol. The Kier molecular flexibility index (Phi) is 3.78. The van der Waals surface area contributed by atoms with Gasteiger partial charge in [-0.15, -0.1) is 0 Å². The highest BCUT2D eigenvalue weighted by Gasteiger charge is 2.38. The lowest BCUT2D eigenvalue weighted by molar-refractivity contribution is -0.137. The number of carbonyl (C=O) groups is 2. The maximum atomic E-state index is 11.3. The molecule has 1 amide bonds. The smallest absolute Gasteiger partial charge is 0.407 e. The molecule has 1 fully saturated rings. The minimum atomic E-state index is -0.773. The second-order valence-corrected chi connectivity index (χ2v) is 5.24. The summed E-state index contributed by atoms with van der Waals surface area (Å²) in [4.78, 5) is 21.7. The summed E-state index contributed by atoms with van der Waals surface area (Å²) in [7, 11) is 0. The van der Waals surface area contributed by atoms with E-state index in [1.54, 1.807) is 20.8 Å². The summed E-state index contributed by atoms with van der Waals surface area (Å²) in [5, 5.41) is 11.2. The van der Waals surface area contributed by atoms with Crippen molar-refractivity contribution >= 4 is 12.1 Å². The number of rotatable bonds is 4. The molecular formula is C11H19NO4. The zero-order valence-electron chi connectivity index (χ0n) is 9.95. The number of hydrogen-bond acceptors (Lipinski definition) is 3. The van der Waals surface area contributed by atoms with Gasteiger partial charge in [0.2, 0.25) is 0 Å². The number of carboxylic acids is 1. The zero-order valence-corrected chi connectivity index (χ0v) is 9.95. The molecule has 1 rings (SSSR count). The molecule has 1 aliphatic rings. The molecule has 2 N–H and O–H groups in total. The molecule has 1 aliphatic carbocycles. The molecule has 0 aromatic carbocycles. The Hall–Kier alpha value is -1.26. The summed E-state index contributed by atoms with van der Waals surface area (Å²) in [5.74, 6) is -0.263. The molecule has 0 spiro atoms. The fraction of sp³-hybridized carbons (Fsp3) is 0.818. The number of nitrogens with one attached hydrogen (secondary N) is 1. The van der Waals surface area contributed by atoms with Crippen molar-refractivity contribution in [3.63, 3.8) is 0 Å². The quantitative estimate of drug-likeness (QED) is 0.768. The summed E-state index contributed by atoms with van der Waals surface area (Å²) in [6.45, 7) is 5.91. The number of alkyl carbamates (subject to hydrolysis) is 1. The average molecular weight is 229 g/mol. The third-order valence-electron chi connectivity index (χ3n) is 2.41. The Morgan fingerprint density at radius 1 is 1.38 bits per heavy atom. The predicted octanol–water partition coefficient (Wildman–Crippen LogP) is 1.62. The van der Waals surface area contributed by atoms with Gasteiger partial charge >= 0.3 is 12.1 Å². The number of carbonyl (C=O) groups excluding carboxylic acids is 1. The highest BCUT2D eigenvalue weighted by molar-refractivity contribution is 5.68. The topological polar surface area (TPSA) is 75.6 Å². The van der Waals surface area contributed by atoms with Gasteiger partial charge in [0.25, 0.3) is 0 Å². The van der Waals surface area contributed by atoms with Gasteiger partial charge in [-0.3, -0.25) is 4.79 Å². The van der Waals surface area contributed by atoms with Crippen LogP contribution < -0.4 is 5.32 Å². The first kappa shape index (κ1) is 12.8. The molecule has 0 saturated heterocycles. The third kappa shape index (κ3) is 5.00. The Morgan fingerprint density at radius 2 is 2.00 bits per heavy atom. The average Bonchev–Trinajstić information content (AvgIpc) is 2.75. The predicted molar refractivity (Wildman–Crippen MR) is 58.1 cm³/mol. The van der Waals surface area contributed by atoms with Crippen LogP contribution in [0.15, 0.2) is 0 Å². The standard InChI is InChI=1S/C11H19NO4/c1-11(2,3)16-10(15)12-6-8-4-7(8)5-9(13)14/h7-8H,4-6H2,1-3H3,(H,12,15)(H,13,14)/t7-,8-/m0/s1. The maximum absolute atomic E-state index is 11.3. The van der Waals surface area contributed by atoms with Crippen molar-refractivity contribution in [3.05, 3.63) is 0 Å². The van der Waals surface area contributed by atoms with Crippen molar-refractivity contribution in [2.45, 2.75) is 39.2 Å². The molecule has 5 nitrogen and oxygen atoms in total. The van der Waals surface area contributed by atoms with Crippen molar-refractivity contribution in [2.75, 3.05) is 6.54 Å². The lowest BCUT2D eigenvalue weighted by atomic mass is 10.2. The first-order valence-corrected chi connectivity index (χ1v) is 5.46. The molecular weight excluding hydrogens is 210 g/mol. The summed E-state index contributed by atoms with van der Waals surface area (Å²) in [6, 6.07) is 0. The van der Waals surface area contributed by atoms with E-state index in [2.05, 4.69) is 5.32 Å². The van der Waals surface area contributed by atoms with Crippen molar-refractivity contribution in [1.29, 1.82) is 0 Å². The van der Waals surface area contributed by atoms with E-state index < -0.39 is 17.7 Å². The van der Waals surface area contributed by atoms with Crippen LogP contribution in [0.4, 0.5) is 4.79 Å². The molecule has 1 saturated carbocycles. The van der Waals surface area contributed by atoms with Crippen LogP contribution in [0.25, 0.3) is 0 Å². The second-order valence-electron chi connectivity index (χ2n) is 5.24. The molecule has 0 aromatic heterocycles. The Morgan fingerprint density at radius 3 is 2.50 bits per heavy atom. The minimum Gasteiger partial charge on any atom is -0.481 e. The zero-order chi connectivity index (χ0) is 12.3. The number of carboxylic acid groups (broad SMARTS) is 1. The highest BCUT2D eigenvalue weighted by atomic mass is 16.6. The molecule has 0 bridgehead atoms. The van der Waals surface area contributed by atoms with E-state index in [-0.39, 0.29) is 12.3 Å². The van der Waals surface area contributed by atoms with Crippen molar-refractivity contribution in [2.24, 2.45) is 11.8 Å². The van der Waals surface area contributed by atoms with Gasteiger partial charge in [0, 0.05) is 13.0 Å². The lowest BCUT2D eigenvalue weighted by Crippen LogP contribution is -2.33. The van der Waals surface area contributed by atoms with Crippen LogP contribution in [0.5, 0.6) is 0 Å². The number of ether oxygens (including phenoxy) is 1. The van der Waals surface area contributed by atoms with Gasteiger partial charge in [0.1, 0.15) is 5.60 Å². The molecule has 5 heteroatoms. The van der Waals surface area contributed by atoms with Crippen LogP contribution in [-0.2, 0) is 9.53 Å². The number of hydrogen-bond donors (Lipinski definition) is 2. The Labute approximate surface area is 95.2 Å². The summed E-state index contributed by atoms with van der Waals surface area (Å²) < 4.78 is 5.07. The van der Waals surface area contributed by atoms with E-state index in [1.165, 1.54) is 0 Å². The van der Waals surface area contributed by atoms with Gasteiger partial charge in [-0.25, -0.2) is 4.79 Å². The van der Waals surface area contributed by atoms with E-state index in [1.807, 2.05) is 0 Å². The molecule has 0 heterocycles. The number of aliphatic carboxylic acids is 1. The van der Waals surface area contributed by atoms with E-state index >= 15 is 0 Å². The van der Waals surface area contributed by atoms with Gasteiger partial charge in [-0.2, -0.15) is 0 Å². The van der Waals surface area contributed by atoms with Crippen LogP contribution in [-0.4, -0.2) is 29.3 Å².